The number of nitriles is 1. The van der Waals surface area contributed by atoms with Gasteiger partial charge < -0.3 is 10.5 Å². The predicted octanol–water partition coefficient (Wildman–Crippen LogP) is 3.90. The van der Waals surface area contributed by atoms with Crippen LogP contribution in [0.4, 0.5) is 5.82 Å². The van der Waals surface area contributed by atoms with Gasteiger partial charge in [-0.2, -0.15) is 15.2 Å². The van der Waals surface area contributed by atoms with Crippen molar-refractivity contribution in [3.63, 3.8) is 0 Å². The molecule has 0 fully saturated rings. The van der Waals surface area contributed by atoms with Gasteiger partial charge in [0.15, 0.2) is 0 Å². The van der Waals surface area contributed by atoms with Gasteiger partial charge >= 0.3 is 6.01 Å². The highest BCUT2D eigenvalue weighted by atomic mass is 79.9. The zero-order valence-corrected chi connectivity index (χ0v) is 14.2. The SMILES string of the molecule is C=C(/C=C\C(C#N)=C/C)c1nc(OC)nc(N)c1Br.CC. The van der Waals surface area contributed by atoms with Crippen LogP contribution in [0.25, 0.3) is 5.57 Å². The zero-order chi connectivity index (χ0) is 16.4. The Hall–Kier alpha value is -2.13. The molecule has 0 atom stereocenters. The van der Waals surface area contributed by atoms with Crippen LogP contribution in [-0.2, 0) is 0 Å². The molecule has 0 bridgehead atoms. The molecule has 2 N–H and O–H groups in total. The largest absolute Gasteiger partial charge is 0.467 e. The second-order valence-corrected chi connectivity index (χ2v) is 4.27. The molecule has 0 saturated carbocycles. The normalized spacial score (nSPS) is 10.6. The third kappa shape index (κ3) is 5.40. The lowest BCUT2D eigenvalue weighted by molar-refractivity contribution is 0.380. The van der Waals surface area contributed by atoms with E-state index in [0.29, 0.717) is 21.3 Å². The number of anilines is 1. The molecular formula is C15H19BrN4O. The number of hydrogen-bond acceptors (Lipinski definition) is 5. The van der Waals surface area contributed by atoms with E-state index in [9.17, 15) is 0 Å². The van der Waals surface area contributed by atoms with Gasteiger partial charge in [0, 0.05) is 5.57 Å². The molecule has 0 amide bonds. The monoisotopic (exact) mass is 350 g/mol. The van der Waals surface area contributed by atoms with Crippen molar-refractivity contribution in [2.45, 2.75) is 20.8 Å². The number of aromatic nitrogens is 2. The van der Waals surface area contributed by atoms with Crippen molar-refractivity contribution in [1.82, 2.24) is 9.97 Å². The topological polar surface area (TPSA) is 84.8 Å². The first-order valence-electron chi connectivity index (χ1n) is 6.34. The Morgan fingerprint density at radius 1 is 1.38 bits per heavy atom. The molecule has 0 saturated heterocycles. The summed E-state index contributed by atoms with van der Waals surface area (Å²) in [5.41, 5.74) is 7.38. The summed E-state index contributed by atoms with van der Waals surface area (Å²) in [6, 6.07) is 2.21. The van der Waals surface area contributed by atoms with Gasteiger partial charge in [0.05, 0.1) is 23.3 Å². The maximum absolute atomic E-state index is 8.82. The van der Waals surface area contributed by atoms with Crippen LogP contribution in [0.15, 0.2) is 34.9 Å². The Balaban J connectivity index is 0.00000191. The van der Waals surface area contributed by atoms with E-state index in [0.717, 1.165) is 0 Å². The van der Waals surface area contributed by atoms with E-state index >= 15 is 0 Å². The fourth-order valence-corrected chi connectivity index (χ4v) is 1.65. The molecular weight excluding hydrogens is 332 g/mol. The Morgan fingerprint density at radius 2 is 2.00 bits per heavy atom. The summed E-state index contributed by atoms with van der Waals surface area (Å²) in [7, 11) is 1.46. The van der Waals surface area contributed by atoms with Crippen LogP contribution in [0.2, 0.25) is 0 Å². The molecule has 6 heteroatoms. The van der Waals surface area contributed by atoms with Crippen LogP contribution in [0.1, 0.15) is 26.5 Å². The van der Waals surface area contributed by atoms with Gasteiger partial charge in [0.2, 0.25) is 0 Å². The van der Waals surface area contributed by atoms with Crippen LogP contribution in [0, 0.1) is 11.3 Å². The summed E-state index contributed by atoms with van der Waals surface area (Å²) in [6.45, 7) is 9.67. The van der Waals surface area contributed by atoms with Crippen molar-refractivity contribution >= 4 is 27.3 Å². The molecule has 1 aromatic heterocycles. The van der Waals surface area contributed by atoms with Gasteiger partial charge in [0.25, 0.3) is 0 Å². The Labute approximate surface area is 134 Å². The van der Waals surface area contributed by atoms with Crippen LogP contribution in [0.5, 0.6) is 6.01 Å². The zero-order valence-electron chi connectivity index (χ0n) is 12.6. The first kappa shape index (κ1) is 18.9. The summed E-state index contributed by atoms with van der Waals surface area (Å²) in [5.74, 6) is 0.267. The first-order valence-corrected chi connectivity index (χ1v) is 7.13. The van der Waals surface area contributed by atoms with Gasteiger partial charge in [-0.25, -0.2) is 0 Å². The van der Waals surface area contributed by atoms with Gasteiger partial charge in [-0.15, -0.1) is 0 Å². The lowest BCUT2D eigenvalue weighted by atomic mass is 10.1. The first-order chi connectivity index (χ1) is 10.0. The van der Waals surface area contributed by atoms with Crippen molar-refractivity contribution in [3.05, 3.63) is 40.5 Å². The van der Waals surface area contributed by atoms with Crippen molar-refractivity contribution in [2.75, 3.05) is 12.8 Å². The van der Waals surface area contributed by atoms with Gasteiger partial charge in [-0.1, -0.05) is 32.6 Å². The summed E-state index contributed by atoms with van der Waals surface area (Å²) < 4.78 is 5.50. The molecule has 0 aromatic carbocycles. The molecule has 1 aromatic rings. The number of allylic oxidation sites excluding steroid dienone is 5. The molecule has 0 radical (unpaired) electrons. The second-order valence-electron chi connectivity index (χ2n) is 3.47. The standard InChI is InChI=1S/C13H13BrN4O.C2H6/c1-4-9(7-15)6-5-8(2)11-10(14)12(16)18-13(17-11)19-3;1-2/h4-6H,2H2,1,3H3,(H2,16,17,18);1-2H3/b6-5-,9-4+;. The minimum Gasteiger partial charge on any atom is -0.467 e. The van der Waals surface area contributed by atoms with E-state index in [2.05, 4.69) is 32.5 Å². The molecule has 0 spiro atoms. The van der Waals surface area contributed by atoms with Gasteiger partial charge in [-0.3, -0.25) is 0 Å². The molecule has 0 aliphatic rings. The number of nitrogen functional groups attached to an aromatic ring is 1. The van der Waals surface area contributed by atoms with Gasteiger partial charge in [0.1, 0.15) is 5.82 Å². The van der Waals surface area contributed by atoms with E-state index in [1.54, 1.807) is 25.2 Å². The van der Waals surface area contributed by atoms with Crippen molar-refractivity contribution in [3.8, 4) is 12.1 Å². The summed E-state index contributed by atoms with van der Waals surface area (Å²) in [4.78, 5) is 8.10. The Kier molecular flexibility index (Phi) is 8.74. The fourth-order valence-electron chi connectivity index (χ4n) is 1.21. The smallest absolute Gasteiger partial charge is 0.318 e. The van der Waals surface area contributed by atoms with Crippen LogP contribution in [0.3, 0.4) is 0 Å². The lowest BCUT2D eigenvalue weighted by Crippen LogP contribution is -2.02. The minimum atomic E-state index is 0.164. The number of methoxy groups -OCH3 is 1. The van der Waals surface area contributed by atoms with Crippen LogP contribution < -0.4 is 10.5 Å². The molecule has 0 aliphatic heterocycles. The number of rotatable bonds is 4. The third-order valence-electron chi connectivity index (χ3n) is 2.25. The molecule has 21 heavy (non-hydrogen) atoms. The summed E-state index contributed by atoms with van der Waals surface area (Å²) in [6.07, 6.45) is 5.04. The Morgan fingerprint density at radius 3 is 2.48 bits per heavy atom. The van der Waals surface area contributed by atoms with E-state index in [4.69, 9.17) is 15.7 Å². The average Bonchev–Trinajstić information content (AvgIpc) is 2.52. The van der Waals surface area contributed by atoms with E-state index in [1.807, 2.05) is 19.9 Å². The highest BCUT2D eigenvalue weighted by Gasteiger charge is 2.11. The van der Waals surface area contributed by atoms with Crippen molar-refractivity contribution in [1.29, 1.82) is 5.26 Å². The highest BCUT2D eigenvalue weighted by Crippen LogP contribution is 2.28. The second kappa shape index (κ2) is 9.72. The number of nitrogens with two attached hydrogens (primary N) is 1. The lowest BCUT2D eigenvalue weighted by Gasteiger charge is -2.07. The molecule has 1 rings (SSSR count). The van der Waals surface area contributed by atoms with Crippen LogP contribution in [-0.4, -0.2) is 17.1 Å². The number of nitrogens with zero attached hydrogens (tertiary/aromatic N) is 3. The average molecular weight is 351 g/mol. The maximum atomic E-state index is 8.82. The number of hydrogen-bond donors (Lipinski definition) is 1. The number of halogens is 1. The summed E-state index contributed by atoms with van der Waals surface area (Å²) in [5, 5.41) is 8.82. The van der Waals surface area contributed by atoms with Gasteiger partial charge in [-0.05, 0) is 34.5 Å². The minimum absolute atomic E-state index is 0.164. The molecule has 0 unspecified atom stereocenters. The predicted molar refractivity (Wildman–Crippen MR) is 89.6 cm³/mol. The van der Waals surface area contributed by atoms with E-state index in [1.165, 1.54) is 7.11 Å². The molecule has 5 nitrogen and oxygen atoms in total. The summed E-state index contributed by atoms with van der Waals surface area (Å²) >= 11 is 3.31. The van der Waals surface area contributed by atoms with Crippen molar-refractivity contribution < 1.29 is 4.74 Å². The highest BCUT2D eigenvalue weighted by molar-refractivity contribution is 9.10. The Bertz CT molecular complexity index is 600. The molecule has 1 heterocycles. The molecule has 0 aliphatic carbocycles. The number of ether oxygens (including phenoxy) is 1. The molecule has 112 valence electrons. The third-order valence-corrected chi connectivity index (χ3v) is 3.03. The van der Waals surface area contributed by atoms with Crippen molar-refractivity contribution in [2.24, 2.45) is 0 Å². The fraction of sp³-hybridized carbons (Fsp3) is 0.267. The van der Waals surface area contributed by atoms with E-state index in [-0.39, 0.29) is 11.8 Å². The van der Waals surface area contributed by atoms with E-state index < -0.39 is 0 Å². The maximum Gasteiger partial charge on any atom is 0.318 e. The van der Waals surface area contributed by atoms with Crippen LogP contribution >= 0.6 is 15.9 Å². The quantitative estimate of drug-likeness (QED) is 0.657.